The van der Waals surface area contributed by atoms with Crippen LogP contribution in [-0.4, -0.2) is 46.1 Å². The molecule has 0 radical (unpaired) electrons. The third-order valence-corrected chi connectivity index (χ3v) is 6.91. The molecule has 0 saturated heterocycles. The second-order valence-corrected chi connectivity index (χ2v) is 9.97. The van der Waals surface area contributed by atoms with E-state index in [0.717, 1.165) is 44.2 Å². The molecule has 1 amide bonds. The van der Waals surface area contributed by atoms with Crippen LogP contribution in [0.25, 0.3) is 10.9 Å². The first-order valence-electron chi connectivity index (χ1n) is 13.9. The lowest BCUT2D eigenvalue weighted by molar-refractivity contribution is 0.176. The van der Waals surface area contributed by atoms with Gasteiger partial charge in [-0.25, -0.2) is 4.79 Å². The molecule has 9 heteroatoms. The zero-order valence-electron chi connectivity index (χ0n) is 23.0. The number of hydrogen-bond donors (Lipinski definition) is 5. The molecule has 0 bridgehead atoms. The predicted octanol–water partition coefficient (Wildman–Crippen LogP) is 5.57. The lowest BCUT2D eigenvalue weighted by Crippen LogP contribution is -2.28. The van der Waals surface area contributed by atoms with E-state index < -0.39 is 12.2 Å². The molecule has 41 heavy (non-hydrogen) atoms. The second kappa shape index (κ2) is 14.9. The smallest absolute Gasteiger partial charge is 0.412 e. The number of pyridine rings is 1. The number of carbonyl (C=O) groups is 1. The number of ether oxygens (including phenoxy) is 1. The molecule has 1 aromatic heterocycles. The number of fused-ring (bicyclic) bond motifs is 1. The second-order valence-electron chi connectivity index (χ2n) is 9.97. The van der Waals surface area contributed by atoms with E-state index in [4.69, 9.17) is 4.74 Å². The van der Waals surface area contributed by atoms with Crippen LogP contribution in [0.1, 0.15) is 49.3 Å². The van der Waals surface area contributed by atoms with Gasteiger partial charge in [-0.15, -0.1) is 0 Å². The van der Waals surface area contributed by atoms with Crippen LogP contribution < -0.4 is 20.5 Å². The van der Waals surface area contributed by atoms with Crippen molar-refractivity contribution in [3.05, 3.63) is 100 Å². The highest BCUT2D eigenvalue weighted by Crippen LogP contribution is 2.28. The van der Waals surface area contributed by atoms with Crippen LogP contribution in [-0.2, 0) is 6.54 Å². The number of aromatic hydroxyl groups is 1. The number of benzene rings is 3. The van der Waals surface area contributed by atoms with Crippen molar-refractivity contribution in [2.24, 2.45) is 0 Å². The summed E-state index contributed by atoms with van der Waals surface area (Å²) in [6.45, 7) is 1.97. The predicted molar refractivity (Wildman–Crippen MR) is 160 cm³/mol. The summed E-state index contributed by atoms with van der Waals surface area (Å²) in [7, 11) is 0. The normalized spacial score (nSPS) is 11.8. The van der Waals surface area contributed by atoms with E-state index in [9.17, 15) is 24.9 Å². The average molecular weight is 560 g/mol. The molecule has 0 saturated carbocycles. The number of amides is 1. The van der Waals surface area contributed by atoms with Gasteiger partial charge in [-0.3, -0.25) is 9.69 Å². The Morgan fingerprint density at radius 1 is 0.927 bits per heavy atom. The fourth-order valence-corrected chi connectivity index (χ4v) is 4.75. The van der Waals surface area contributed by atoms with Crippen LogP contribution in [0, 0.1) is 0 Å². The van der Waals surface area contributed by atoms with Gasteiger partial charge in [0.2, 0.25) is 5.56 Å². The maximum atomic E-state index is 11.9. The van der Waals surface area contributed by atoms with Gasteiger partial charge in [-0.2, -0.15) is 0 Å². The van der Waals surface area contributed by atoms with Gasteiger partial charge in [0.15, 0.2) is 0 Å². The molecular formula is C32H37N3O6. The topological polar surface area (TPSA) is 135 Å². The van der Waals surface area contributed by atoms with Crippen LogP contribution in [0.5, 0.6) is 11.5 Å². The Labute approximate surface area is 239 Å². The largest absolute Gasteiger partial charge is 0.506 e. The summed E-state index contributed by atoms with van der Waals surface area (Å²) in [5, 5.41) is 34.3. The van der Waals surface area contributed by atoms with E-state index in [-0.39, 0.29) is 17.9 Å². The first-order valence-corrected chi connectivity index (χ1v) is 13.9. The van der Waals surface area contributed by atoms with Crippen LogP contribution in [0.4, 0.5) is 10.5 Å². The molecule has 4 rings (SSSR count). The Morgan fingerprint density at radius 3 is 2.51 bits per heavy atom. The minimum Gasteiger partial charge on any atom is -0.506 e. The molecule has 4 aromatic rings. The Morgan fingerprint density at radius 2 is 1.71 bits per heavy atom. The van der Waals surface area contributed by atoms with Crippen LogP contribution in [0.15, 0.2) is 83.7 Å². The molecule has 0 spiro atoms. The number of H-pyrrole nitrogens is 1. The van der Waals surface area contributed by atoms with Gasteiger partial charge in [0, 0.05) is 24.1 Å². The van der Waals surface area contributed by atoms with E-state index >= 15 is 0 Å². The molecule has 1 heterocycles. The average Bonchev–Trinajstić information content (AvgIpc) is 2.97. The number of anilines is 1. The molecular weight excluding hydrogens is 522 g/mol. The van der Waals surface area contributed by atoms with Crippen LogP contribution in [0.3, 0.4) is 0 Å². The zero-order chi connectivity index (χ0) is 29.0. The lowest BCUT2D eigenvalue weighted by atomic mass is 10.0. The molecule has 9 nitrogen and oxygen atoms in total. The van der Waals surface area contributed by atoms with Crippen molar-refractivity contribution in [3.8, 4) is 11.5 Å². The number of rotatable bonds is 15. The Kier molecular flexibility index (Phi) is 10.8. The quantitative estimate of drug-likeness (QED) is 0.120. The Bertz CT molecular complexity index is 1470. The standard InChI is InChI=1S/C32H37N3O6/c36-28-16-14-26(27-15-17-30(38)34-31(27)28)29(37)21-33-18-7-2-1-3-8-19-41-25-13-9-12-24(20-25)35(32(39)40)22-23-10-5-4-6-11-23/h4-6,9-17,20,29,33,36-37H,1-3,7-8,18-19,21-22H2,(H,34,38)(H,39,40)/t29-/m0/s1. The van der Waals surface area contributed by atoms with Crippen molar-refractivity contribution in [3.63, 3.8) is 0 Å². The van der Waals surface area contributed by atoms with E-state index in [1.54, 1.807) is 30.3 Å². The number of phenolic OH excluding ortho intramolecular Hbond substituents is 1. The summed E-state index contributed by atoms with van der Waals surface area (Å²) in [5.74, 6) is 0.626. The molecule has 5 N–H and O–H groups in total. The number of aliphatic hydroxyl groups excluding tert-OH is 1. The highest BCUT2D eigenvalue weighted by Gasteiger charge is 2.16. The highest BCUT2D eigenvalue weighted by atomic mass is 16.5. The number of aromatic amines is 1. The molecule has 0 fully saturated rings. The van der Waals surface area contributed by atoms with E-state index in [2.05, 4.69) is 10.3 Å². The van der Waals surface area contributed by atoms with E-state index in [1.165, 1.54) is 17.0 Å². The maximum absolute atomic E-state index is 11.9. The summed E-state index contributed by atoms with van der Waals surface area (Å²) in [6.07, 6.45) is 3.24. The van der Waals surface area contributed by atoms with Crippen LogP contribution in [0.2, 0.25) is 0 Å². The van der Waals surface area contributed by atoms with Gasteiger partial charge >= 0.3 is 6.09 Å². The summed E-state index contributed by atoms with van der Waals surface area (Å²) < 4.78 is 5.89. The van der Waals surface area contributed by atoms with Crippen molar-refractivity contribution in [1.82, 2.24) is 10.3 Å². The summed E-state index contributed by atoms with van der Waals surface area (Å²) in [5.41, 5.74) is 2.16. The molecule has 0 aliphatic heterocycles. The number of aliphatic hydroxyl groups is 1. The number of hydrogen-bond acceptors (Lipinski definition) is 6. The maximum Gasteiger partial charge on any atom is 0.412 e. The first-order chi connectivity index (χ1) is 19.9. The van der Waals surface area contributed by atoms with Crippen molar-refractivity contribution in [2.45, 2.75) is 44.8 Å². The molecule has 0 aliphatic rings. The first kappa shape index (κ1) is 29.6. The third kappa shape index (κ3) is 8.57. The van der Waals surface area contributed by atoms with Gasteiger partial charge in [0.1, 0.15) is 11.5 Å². The van der Waals surface area contributed by atoms with Gasteiger partial charge in [-0.05, 0) is 54.8 Å². The van der Waals surface area contributed by atoms with Crippen molar-refractivity contribution in [1.29, 1.82) is 0 Å². The summed E-state index contributed by atoms with van der Waals surface area (Å²) in [6, 6.07) is 22.8. The van der Waals surface area contributed by atoms with Crippen molar-refractivity contribution in [2.75, 3.05) is 24.6 Å². The minimum absolute atomic E-state index is 0.0239. The van der Waals surface area contributed by atoms with Crippen LogP contribution >= 0.6 is 0 Å². The Hall–Kier alpha value is -4.34. The number of nitrogens with one attached hydrogen (secondary N) is 2. The van der Waals surface area contributed by atoms with Gasteiger partial charge in [0.05, 0.1) is 30.5 Å². The van der Waals surface area contributed by atoms with Gasteiger partial charge < -0.3 is 30.4 Å². The molecule has 0 aliphatic carbocycles. The number of nitrogens with zero attached hydrogens (tertiary/aromatic N) is 1. The number of carboxylic acid groups (broad SMARTS) is 1. The monoisotopic (exact) mass is 559 g/mol. The molecule has 1 atom stereocenters. The summed E-state index contributed by atoms with van der Waals surface area (Å²) >= 11 is 0. The van der Waals surface area contributed by atoms with Crippen molar-refractivity contribution >= 4 is 22.7 Å². The fraction of sp³-hybridized carbons (Fsp3) is 0.312. The number of aromatic nitrogens is 1. The number of phenols is 1. The zero-order valence-corrected chi connectivity index (χ0v) is 23.0. The minimum atomic E-state index is -1.01. The Balaban J connectivity index is 1.11. The highest BCUT2D eigenvalue weighted by molar-refractivity contribution is 5.87. The number of unbranched alkanes of at least 4 members (excludes halogenated alkanes) is 4. The lowest BCUT2D eigenvalue weighted by Gasteiger charge is -2.20. The van der Waals surface area contributed by atoms with E-state index in [0.29, 0.717) is 41.1 Å². The molecule has 0 unspecified atom stereocenters. The van der Waals surface area contributed by atoms with Gasteiger partial charge in [-0.1, -0.05) is 61.7 Å². The van der Waals surface area contributed by atoms with Gasteiger partial charge in [0.25, 0.3) is 0 Å². The summed E-state index contributed by atoms with van der Waals surface area (Å²) in [4.78, 5) is 27.4. The van der Waals surface area contributed by atoms with Crippen molar-refractivity contribution < 1.29 is 24.9 Å². The van der Waals surface area contributed by atoms with E-state index in [1.807, 2.05) is 36.4 Å². The molecule has 216 valence electrons. The SMILES string of the molecule is O=C(O)N(Cc1ccccc1)c1cccc(OCCCCCCCNC[C@H](O)c2ccc(O)c3[nH]c(=O)ccc23)c1. The fourth-order valence-electron chi connectivity index (χ4n) is 4.75. The molecule has 3 aromatic carbocycles. The third-order valence-electron chi connectivity index (χ3n) is 6.91.